The SMILES string of the molecule is CCC(NC1CCN(C(=O)OC(C)(C)C)C(C)C1)c1ccco1. The monoisotopic (exact) mass is 322 g/mol. The van der Waals surface area contributed by atoms with Gasteiger partial charge in [-0.3, -0.25) is 0 Å². The van der Waals surface area contributed by atoms with Crippen LogP contribution >= 0.6 is 0 Å². The van der Waals surface area contributed by atoms with E-state index in [1.807, 2.05) is 37.8 Å². The fraction of sp³-hybridized carbons (Fsp3) is 0.722. The molecule has 1 aliphatic heterocycles. The molecule has 5 heteroatoms. The van der Waals surface area contributed by atoms with Crippen LogP contribution in [0, 0.1) is 0 Å². The van der Waals surface area contributed by atoms with E-state index in [1.165, 1.54) is 0 Å². The van der Waals surface area contributed by atoms with Crippen molar-refractivity contribution in [2.45, 2.75) is 77.6 Å². The molecule has 1 aromatic rings. The smallest absolute Gasteiger partial charge is 0.410 e. The first kappa shape index (κ1) is 17.9. The lowest BCUT2D eigenvalue weighted by atomic mass is 9.97. The van der Waals surface area contributed by atoms with Crippen molar-refractivity contribution in [1.29, 1.82) is 0 Å². The van der Waals surface area contributed by atoms with Crippen molar-refractivity contribution < 1.29 is 13.9 Å². The number of carbonyl (C=O) groups is 1. The van der Waals surface area contributed by atoms with E-state index in [-0.39, 0.29) is 18.2 Å². The highest BCUT2D eigenvalue weighted by molar-refractivity contribution is 5.68. The zero-order valence-electron chi connectivity index (χ0n) is 15.0. The van der Waals surface area contributed by atoms with Gasteiger partial charge < -0.3 is 19.4 Å². The minimum absolute atomic E-state index is 0.171. The first-order chi connectivity index (χ1) is 10.8. The number of ether oxygens (including phenoxy) is 1. The zero-order valence-corrected chi connectivity index (χ0v) is 15.0. The number of carbonyl (C=O) groups excluding carboxylic acids is 1. The van der Waals surface area contributed by atoms with Crippen molar-refractivity contribution in [3.05, 3.63) is 24.2 Å². The molecule has 0 spiro atoms. The van der Waals surface area contributed by atoms with Crippen molar-refractivity contribution in [2.75, 3.05) is 6.54 Å². The van der Waals surface area contributed by atoms with Crippen molar-refractivity contribution in [1.82, 2.24) is 10.2 Å². The number of piperidine rings is 1. The fourth-order valence-corrected chi connectivity index (χ4v) is 3.09. The number of rotatable bonds is 4. The number of amides is 1. The van der Waals surface area contributed by atoms with Gasteiger partial charge in [0.1, 0.15) is 11.4 Å². The number of nitrogens with zero attached hydrogens (tertiary/aromatic N) is 1. The predicted octanol–water partition coefficient (Wildman–Crippen LogP) is 4.11. The van der Waals surface area contributed by atoms with Crippen molar-refractivity contribution >= 4 is 6.09 Å². The maximum atomic E-state index is 12.3. The summed E-state index contributed by atoms with van der Waals surface area (Å²) < 4.78 is 11.0. The van der Waals surface area contributed by atoms with Gasteiger partial charge in [-0.25, -0.2) is 4.79 Å². The molecular formula is C18H30N2O3. The van der Waals surface area contributed by atoms with Crippen LogP contribution in [0.2, 0.25) is 0 Å². The Morgan fingerprint density at radius 2 is 2.26 bits per heavy atom. The van der Waals surface area contributed by atoms with E-state index in [9.17, 15) is 4.79 Å². The summed E-state index contributed by atoms with van der Waals surface area (Å²) in [5, 5.41) is 3.67. The third-order valence-corrected chi connectivity index (χ3v) is 4.24. The molecular weight excluding hydrogens is 292 g/mol. The van der Waals surface area contributed by atoms with Crippen LogP contribution in [0.5, 0.6) is 0 Å². The van der Waals surface area contributed by atoms with Gasteiger partial charge in [-0.2, -0.15) is 0 Å². The molecule has 5 nitrogen and oxygen atoms in total. The van der Waals surface area contributed by atoms with E-state index in [4.69, 9.17) is 9.15 Å². The third kappa shape index (κ3) is 4.99. The lowest BCUT2D eigenvalue weighted by Crippen LogP contribution is -2.51. The molecule has 1 aliphatic rings. The molecule has 3 atom stereocenters. The summed E-state index contributed by atoms with van der Waals surface area (Å²) in [6, 6.07) is 4.73. The Kier molecular flexibility index (Phi) is 5.74. The summed E-state index contributed by atoms with van der Waals surface area (Å²) in [4.78, 5) is 14.1. The standard InChI is InChI=1S/C18H30N2O3/c1-6-15(16-8-7-11-22-16)19-14-9-10-20(13(2)12-14)17(21)23-18(3,4)5/h7-8,11,13-15,19H,6,9-10,12H2,1-5H3. The molecule has 0 bridgehead atoms. The molecule has 1 amide bonds. The topological polar surface area (TPSA) is 54.7 Å². The molecule has 130 valence electrons. The van der Waals surface area contributed by atoms with Gasteiger partial charge in [0.15, 0.2) is 0 Å². The van der Waals surface area contributed by atoms with Crippen LogP contribution < -0.4 is 5.32 Å². The first-order valence-corrected chi connectivity index (χ1v) is 8.59. The Balaban J connectivity index is 1.89. The maximum Gasteiger partial charge on any atom is 0.410 e. The predicted molar refractivity (Wildman–Crippen MR) is 90.3 cm³/mol. The molecule has 1 N–H and O–H groups in total. The highest BCUT2D eigenvalue weighted by Crippen LogP contribution is 2.24. The Morgan fingerprint density at radius 3 is 2.78 bits per heavy atom. The van der Waals surface area contributed by atoms with Gasteiger partial charge in [-0.1, -0.05) is 6.92 Å². The Morgan fingerprint density at radius 1 is 1.52 bits per heavy atom. The number of hydrogen-bond acceptors (Lipinski definition) is 4. The Bertz CT molecular complexity index is 493. The second-order valence-corrected chi connectivity index (χ2v) is 7.39. The highest BCUT2D eigenvalue weighted by atomic mass is 16.6. The van der Waals surface area contributed by atoms with Crippen LogP contribution in [-0.4, -0.2) is 35.2 Å². The van der Waals surface area contributed by atoms with Crippen LogP contribution in [0.15, 0.2) is 22.8 Å². The van der Waals surface area contributed by atoms with E-state index in [0.717, 1.165) is 31.6 Å². The molecule has 0 aromatic carbocycles. The minimum Gasteiger partial charge on any atom is -0.468 e. The Labute approximate surface area is 139 Å². The molecule has 1 fully saturated rings. The maximum absolute atomic E-state index is 12.3. The molecule has 1 aromatic heterocycles. The van der Waals surface area contributed by atoms with Gasteiger partial charge in [-0.05, 0) is 59.1 Å². The minimum atomic E-state index is -0.446. The lowest BCUT2D eigenvalue weighted by Gasteiger charge is -2.39. The van der Waals surface area contributed by atoms with E-state index in [2.05, 4.69) is 19.2 Å². The molecule has 0 radical (unpaired) electrons. The second-order valence-electron chi connectivity index (χ2n) is 7.39. The van der Waals surface area contributed by atoms with Gasteiger partial charge in [0.2, 0.25) is 0 Å². The van der Waals surface area contributed by atoms with Crippen LogP contribution in [-0.2, 0) is 4.74 Å². The van der Waals surface area contributed by atoms with Crippen LogP contribution in [0.4, 0.5) is 4.79 Å². The number of likely N-dealkylation sites (tertiary alicyclic amines) is 1. The fourth-order valence-electron chi connectivity index (χ4n) is 3.09. The van der Waals surface area contributed by atoms with Gasteiger partial charge in [0.05, 0.1) is 12.3 Å². The van der Waals surface area contributed by atoms with E-state index in [1.54, 1.807) is 6.26 Å². The molecule has 1 saturated heterocycles. The summed E-state index contributed by atoms with van der Waals surface area (Å²) >= 11 is 0. The van der Waals surface area contributed by atoms with E-state index in [0.29, 0.717) is 6.04 Å². The van der Waals surface area contributed by atoms with Crippen LogP contribution in [0.1, 0.15) is 65.7 Å². The number of furan rings is 1. The number of hydrogen-bond donors (Lipinski definition) is 1. The van der Waals surface area contributed by atoms with Gasteiger partial charge in [0.25, 0.3) is 0 Å². The van der Waals surface area contributed by atoms with Crippen LogP contribution in [0.25, 0.3) is 0 Å². The number of nitrogens with one attached hydrogen (secondary N) is 1. The quantitative estimate of drug-likeness (QED) is 0.906. The molecule has 2 rings (SSSR count). The summed E-state index contributed by atoms with van der Waals surface area (Å²) in [7, 11) is 0. The van der Waals surface area contributed by atoms with Gasteiger partial charge in [-0.15, -0.1) is 0 Å². The molecule has 3 unspecified atom stereocenters. The van der Waals surface area contributed by atoms with E-state index >= 15 is 0 Å². The molecule has 2 heterocycles. The second kappa shape index (κ2) is 7.39. The molecule has 0 aliphatic carbocycles. The average Bonchev–Trinajstić information content (AvgIpc) is 2.96. The summed E-state index contributed by atoms with van der Waals surface area (Å²) in [5.74, 6) is 0.981. The van der Waals surface area contributed by atoms with Gasteiger partial charge in [0, 0.05) is 18.6 Å². The van der Waals surface area contributed by atoms with Crippen LogP contribution in [0.3, 0.4) is 0 Å². The third-order valence-electron chi connectivity index (χ3n) is 4.24. The van der Waals surface area contributed by atoms with Gasteiger partial charge >= 0.3 is 6.09 Å². The Hall–Kier alpha value is -1.49. The first-order valence-electron chi connectivity index (χ1n) is 8.59. The average molecular weight is 322 g/mol. The largest absolute Gasteiger partial charge is 0.468 e. The molecule has 0 saturated carbocycles. The van der Waals surface area contributed by atoms with E-state index < -0.39 is 5.60 Å². The molecule has 23 heavy (non-hydrogen) atoms. The highest BCUT2D eigenvalue weighted by Gasteiger charge is 2.32. The summed E-state index contributed by atoms with van der Waals surface area (Å²) in [6.45, 7) is 10.7. The van der Waals surface area contributed by atoms with Crippen molar-refractivity contribution in [3.63, 3.8) is 0 Å². The van der Waals surface area contributed by atoms with Crippen molar-refractivity contribution in [3.8, 4) is 0 Å². The summed E-state index contributed by atoms with van der Waals surface area (Å²) in [5.41, 5.74) is -0.446. The summed E-state index contributed by atoms with van der Waals surface area (Å²) in [6.07, 6.45) is 4.35. The van der Waals surface area contributed by atoms with Crippen molar-refractivity contribution in [2.24, 2.45) is 0 Å². The lowest BCUT2D eigenvalue weighted by molar-refractivity contribution is 0.00883. The normalized spacial score (nSPS) is 23.6. The zero-order chi connectivity index (χ0) is 17.0.